The molecule has 1 aromatic heterocycles. The third-order valence-corrected chi connectivity index (χ3v) is 4.99. The Labute approximate surface area is 176 Å². The second-order valence-electron chi connectivity index (χ2n) is 8.09. The summed E-state index contributed by atoms with van der Waals surface area (Å²) in [5.41, 5.74) is 3.96. The first kappa shape index (κ1) is 20.9. The summed E-state index contributed by atoms with van der Waals surface area (Å²) >= 11 is 5.88. The fourth-order valence-electron chi connectivity index (χ4n) is 2.84. The summed E-state index contributed by atoms with van der Waals surface area (Å²) in [6, 6.07) is 14.9. The molecule has 0 aliphatic heterocycles. The van der Waals surface area contributed by atoms with Crippen LogP contribution in [0, 0.1) is 13.8 Å². The van der Waals surface area contributed by atoms with E-state index in [0.29, 0.717) is 16.6 Å². The lowest BCUT2D eigenvalue weighted by Crippen LogP contribution is -2.22. The van der Waals surface area contributed by atoms with Gasteiger partial charge < -0.3 is 10.1 Å². The van der Waals surface area contributed by atoms with Crippen LogP contribution >= 0.6 is 11.6 Å². The van der Waals surface area contributed by atoms with Gasteiger partial charge in [-0.05, 0) is 55.3 Å². The number of aromatic nitrogens is 2. The molecule has 5 nitrogen and oxygen atoms in total. The summed E-state index contributed by atoms with van der Waals surface area (Å²) < 4.78 is 7.35. The van der Waals surface area contributed by atoms with Gasteiger partial charge in [0.1, 0.15) is 11.6 Å². The van der Waals surface area contributed by atoms with E-state index in [9.17, 15) is 4.79 Å². The fourth-order valence-corrected chi connectivity index (χ4v) is 2.97. The number of rotatable bonds is 5. The van der Waals surface area contributed by atoms with Crippen LogP contribution in [-0.2, 0) is 10.2 Å². The Kier molecular flexibility index (Phi) is 5.99. The van der Waals surface area contributed by atoms with E-state index < -0.39 is 0 Å². The van der Waals surface area contributed by atoms with Crippen molar-refractivity contribution >= 4 is 23.3 Å². The molecule has 0 saturated heterocycles. The number of ether oxygens (including phenoxy) is 1. The first-order valence-electron chi connectivity index (χ1n) is 9.50. The highest BCUT2D eigenvalue weighted by Gasteiger charge is 2.22. The van der Waals surface area contributed by atoms with Crippen LogP contribution in [0.4, 0.5) is 5.82 Å². The van der Waals surface area contributed by atoms with Gasteiger partial charge in [0, 0.05) is 16.5 Å². The molecule has 0 aliphatic carbocycles. The predicted octanol–water partition coefficient (Wildman–Crippen LogP) is 5.46. The maximum Gasteiger partial charge on any atom is 0.263 e. The van der Waals surface area contributed by atoms with E-state index in [0.717, 1.165) is 16.9 Å². The number of carbonyl (C=O) groups is 1. The zero-order chi connectivity index (χ0) is 21.2. The zero-order valence-corrected chi connectivity index (χ0v) is 18.2. The average molecular weight is 412 g/mol. The minimum atomic E-state index is -0.258. The SMILES string of the molecule is Cc1cccc(-n2nc(C(C)(C)C)cc2NC(=O)COc2ccc(Cl)cc2)c1C. The maximum atomic E-state index is 12.5. The number of amides is 1. The number of hydrogen-bond acceptors (Lipinski definition) is 3. The van der Waals surface area contributed by atoms with Gasteiger partial charge in [0.2, 0.25) is 0 Å². The molecule has 2 aromatic carbocycles. The highest BCUT2D eigenvalue weighted by Crippen LogP contribution is 2.28. The molecule has 0 spiro atoms. The molecule has 0 atom stereocenters. The van der Waals surface area contributed by atoms with Gasteiger partial charge in [-0.15, -0.1) is 0 Å². The van der Waals surface area contributed by atoms with E-state index in [-0.39, 0.29) is 17.9 Å². The summed E-state index contributed by atoms with van der Waals surface area (Å²) in [6.07, 6.45) is 0. The van der Waals surface area contributed by atoms with E-state index in [4.69, 9.17) is 21.4 Å². The minimum absolute atomic E-state index is 0.107. The second kappa shape index (κ2) is 8.29. The summed E-state index contributed by atoms with van der Waals surface area (Å²) in [5.74, 6) is 0.947. The standard InChI is InChI=1S/C23H26ClN3O2/c1-15-7-6-8-19(16(15)2)27-21(13-20(26-27)23(3,4)5)25-22(28)14-29-18-11-9-17(24)10-12-18/h6-13H,14H2,1-5H3,(H,25,28). The van der Waals surface area contributed by atoms with Crippen molar-refractivity contribution in [2.24, 2.45) is 0 Å². The van der Waals surface area contributed by atoms with Gasteiger partial charge >= 0.3 is 0 Å². The lowest BCUT2D eigenvalue weighted by atomic mass is 9.92. The topological polar surface area (TPSA) is 56.2 Å². The molecule has 0 unspecified atom stereocenters. The monoisotopic (exact) mass is 411 g/mol. The molecule has 1 N–H and O–H groups in total. The Bertz CT molecular complexity index is 1020. The van der Waals surface area contributed by atoms with Crippen LogP contribution in [0.15, 0.2) is 48.5 Å². The molecule has 3 rings (SSSR count). The summed E-state index contributed by atoms with van der Waals surface area (Å²) in [6.45, 7) is 10.3. The first-order valence-corrected chi connectivity index (χ1v) is 9.88. The molecule has 1 amide bonds. The summed E-state index contributed by atoms with van der Waals surface area (Å²) in [4.78, 5) is 12.5. The van der Waals surface area contributed by atoms with Crippen molar-refractivity contribution in [2.45, 2.75) is 40.0 Å². The van der Waals surface area contributed by atoms with Crippen LogP contribution in [0.25, 0.3) is 5.69 Å². The molecule has 0 aliphatic rings. The van der Waals surface area contributed by atoms with E-state index in [2.05, 4.69) is 46.0 Å². The molecule has 0 radical (unpaired) electrons. The van der Waals surface area contributed by atoms with Gasteiger partial charge in [0.15, 0.2) is 6.61 Å². The minimum Gasteiger partial charge on any atom is -0.484 e. The molecular weight excluding hydrogens is 386 g/mol. The number of halogens is 1. The quantitative estimate of drug-likeness (QED) is 0.606. The van der Waals surface area contributed by atoms with Gasteiger partial charge in [-0.2, -0.15) is 5.10 Å². The van der Waals surface area contributed by atoms with Crippen LogP contribution < -0.4 is 10.1 Å². The van der Waals surface area contributed by atoms with Crippen molar-refractivity contribution in [2.75, 3.05) is 11.9 Å². The van der Waals surface area contributed by atoms with Crippen molar-refractivity contribution < 1.29 is 9.53 Å². The highest BCUT2D eigenvalue weighted by molar-refractivity contribution is 6.30. The average Bonchev–Trinajstić information content (AvgIpc) is 3.07. The number of anilines is 1. The van der Waals surface area contributed by atoms with Crippen LogP contribution in [-0.4, -0.2) is 22.3 Å². The van der Waals surface area contributed by atoms with Gasteiger partial charge in [0.25, 0.3) is 5.91 Å². The largest absolute Gasteiger partial charge is 0.484 e. The number of benzene rings is 2. The number of aryl methyl sites for hydroxylation is 1. The number of carbonyl (C=O) groups excluding carboxylic acids is 1. The van der Waals surface area contributed by atoms with Gasteiger partial charge in [-0.3, -0.25) is 4.79 Å². The lowest BCUT2D eigenvalue weighted by molar-refractivity contribution is -0.118. The van der Waals surface area contributed by atoms with E-state index in [1.54, 1.807) is 28.9 Å². The number of hydrogen-bond donors (Lipinski definition) is 1. The molecule has 0 fully saturated rings. The fraction of sp³-hybridized carbons (Fsp3) is 0.304. The van der Waals surface area contributed by atoms with Crippen LogP contribution in [0.3, 0.4) is 0 Å². The molecule has 0 bridgehead atoms. The Morgan fingerprint density at radius 3 is 2.48 bits per heavy atom. The van der Waals surface area contributed by atoms with Crippen molar-refractivity contribution in [3.05, 3.63) is 70.4 Å². The van der Waals surface area contributed by atoms with Gasteiger partial charge in [0.05, 0.1) is 11.4 Å². The smallest absolute Gasteiger partial charge is 0.263 e. The molecule has 3 aromatic rings. The number of nitrogens with one attached hydrogen (secondary N) is 1. The highest BCUT2D eigenvalue weighted by atomic mass is 35.5. The van der Waals surface area contributed by atoms with E-state index in [1.165, 1.54) is 5.56 Å². The Morgan fingerprint density at radius 1 is 1.14 bits per heavy atom. The Hall–Kier alpha value is -2.79. The zero-order valence-electron chi connectivity index (χ0n) is 17.4. The Morgan fingerprint density at radius 2 is 1.83 bits per heavy atom. The molecule has 29 heavy (non-hydrogen) atoms. The maximum absolute atomic E-state index is 12.5. The molecular formula is C23H26ClN3O2. The van der Waals surface area contributed by atoms with Crippen molar-refractivity contribution in [3.63, 3.8) is 0 Å². The van der Waals surface area contributed by atoms with Crippen LogP contribution in [0.2, 0.25) is 5.02 Å². The van der Waals surface area contributed by atoms with Crippen LogP contribution in [0.1, 0.15) is 37.6 Å². The molecule has 1 heterocycles. The van der Waals surface area contributed by atoms with Crippen molar-refractivity contribution in [3.8, 4) is 11.4 Å². The van der Waals surface area contributed by atoms with Gasteiger partial charge in [-0.25, -0.2) is 4.68 Å². The molecule has 152 valence electrons. The Balaban J connectivity index is 1.85. The van der Waals surface area contributed by atoms with E-state index >= 15 is 0 Å². The predicted molar refractivity (Wildman–Crippen MR) is 117 cm³/mol. The normalized spacial score (nSPS) is 11.4. The van der Waals surface area contributed by atoms with Crippen LogP contribution in [0.5, 0.6) is 5.75 Å². The summed E-state index contributed by atoms with van der Waals surface area (Å²) in [7, 11) is 0. The summed E-state index contributed by atoms with van der Waals surface area (Å²) in [5, 5.41) is 8.34. The third-order valence-electron chi connectivity index (χ3n) is 4.73. The van der Waals surface area contributed by atoms with Crippen molar-refractivity contribution in [1.82, 2.24) is 9.78 Å². The van der Waals surface area contributed by atoms with Crippen molar-refractivity contribution in [1.29, 1.82) is 0 Å². The molecule has 6 heteroatoms. The lowest BCUT2D eigenvalue weighted by Gasteiger charge is -2.15. The molecule has 0 saturated carbocycles. The third kappa shape index (κ3) is 4.98. The second-order valence-corrected chi connectivity index (χ2v) is 8.52. The number of nitrogens with zero attached hydrogens (tertiary/aromatic N) is 2. The van der Waals surface area contributed by atoms with Gasteiger partial charge in [-0.1, -0.05) is 44.5 Å². The van der Waals surface area contributed by atoms with E-state index in [1.807, 2.05) is 18.2 Å². The first-order chi connectivity index (χ1) is 13.6.